The van der Waals surface area contributed by atoms with Gasteiger partial charge in [-0.15, -0.1) is 0 Å². The molecule has 1 aliphatic rings. The molecular formula is C22H25NO3. The summed E-state index contributed by atoms with van der Waals surface area (Å²) in [6.07, 6.45) is 2.47. The SMILES string of the molecule is CC(C(=O)OCCN1CCCC1)c1ccc(C(=O)c2ccccc2)cc1. The third-order valence-corrected chi connectivity index (χ3v) is 4.91. The zero-order valence-electron chi connectivity index (χ0n) is 15.2. The van der Waals surface area contributed by atoms with E-state index in [1.165, 1.54) is 12.8 Å². The molecule has 2 aromatic rings. The monoisotopic (exact) mass is 351 g/mol. The summed E-state index contributed by atoms with van der Waals surface area (Å²) >= 11 is 0. The average Bonchev–Trinajstić information content (AvgIpc) is 3.21. The van der Waals surface area contributed by atoms with Crippen LogP contribution >= 0.6 is 0 Å². The van der Waals surface area contributed by atoms with Crippen LogP contribution in [0.15, 0.2) is 54.6 Å². The van der Waals surface area contributed by atoms with Crippen molar-refractivity contribution in [3.63, 3.8) is 0 Å². The van der Waals surface area contributed by atoms with Crippen molar-refractivity contribution in [2.45, 2.75) is 25.7 Å². The molecule has 0 saturated carbocycles. The van der Waals surface area contributed by atoms with Crippen molar-refractivity contribution in [1.82, 2.24) is 4.90 Å². The number of esters is 1. The molecule has 2 aromatic carbocycles. The van der Waals surface area contributed by atoms with Gasteiger partial charge in [0.05, 0.1) is 5.92 Å². The third kappa shape index (κ3) is 4.58. The average molecular weight is 351 g/mol. The van der Waals surface area contributed by atoms with Gasteiger partial charge in [0.15, 0.2) is 5.78 Å². The lowest BCUT2D eigenvalue weighted by molar-refractivity contribution is -0.145. The summed E-state index contributed by atoms with van der Waals surface area (Å²) in [5, 5.41) is 0. The van der Waals surface area contributed by atoms with E-state index in [4.69, 9.17) is 4.74 Å². The Morgan fingerprint density at radius 1 is 0.962 bits per heavy atom. The maximum Gasteiger partial charge on any atom is 0.313 e. The smallest absolute Gasteiger partial charge is 0.313 e. The topological polar surface area (TPSA) is 46.6 Å². The van der Waals surface area contributed by atoms with Crippen LogP contribution in [0.2, 0.25) is 0 Å². The number of ketones is 1. The van der Waals surface area contributed by atoms with Crippen molar-refractivity contribution in [1.29, 1.82) is 0 Å². The van der Waals surface area contributed by atoms with Gasteiger partial charge in [-0.05, 0) is 38.4 Å². The minimum absolute atomic E-state index is 0.0157. The Hall–Kier alpha value is -2.46. The van der Waals surface area contributed by atoms with Crippen molar-refractivity contribution in [3.05, 3.63) is 71.3 Å². The third-order valence-electron chi connectivity index (χ3n) is 4.91. The van der Waals surface area contributed by atoms with E-state index in [1.807, 2.05) is 37.3 Å². The van der Waals surface area contributed by atoms with Gasteiger partial charge < -0.3 is 4.74 Å². The molecule has 1 fully saturated rings. The Morgan fingerprint density at radius 3 is 2.23 bits per heavy atom. The molecular weight excluding hydrogens is 326 g/mol. The Bertz CT molecular complexity index is 734. The van der Waals surface area contributed by atoms with Crippen LogP contribution in [0, 0.1) is 0 Å². The zero-order valence-corrected chi connectivity index (χ0v) is 15.2. The van der Waals surface area contributed by atoms with Gasteiger partial charge in [-0.1, -0.05) is 54.6 Å². The van der Waals surface area contributed by atoms with Gasteiger partial charge in [0.25, 0.3) is 0 Å². The number of hydrogen-bond donors (Lipinski definition) is 0. The highest BCUT2D eigenvalue weighted by molar-refractivity contribution is 6.08. The molecule has 0 spiro atoms. The first-order valence-corrected chi connectivity index (χ1v) is 9.24. The lowest BCUT2D eigenvalue weighted by atomic mass is 9.97. The van der Waals surface area contributed by atoms with Gasteiger partial charge in [0.1, 0.15) is 6.61 Å². The van der Waals surface area contributed by atoms with Gasteiger partial charge in [0.2, 0.25) is 0 Å². The first kappa shape index (κ1) is 18.3. The molecule has 0 bridgehead atoms. The largest absolute Gasteiger partial charge is 0.464 e. The highest BCUT2D eigenvalue weighted by atomic mass is 16.5. The van der Waals surface area contributed by atoms with E-state index in [-0.39, 0.29) is 17.7 Å². The fourth-order valence-electron chi connectivity index (χ4n) is 3.22. The van der Waals surface area contributed by atoms with Crippen LogP contribution < -0.4 is 0 Å². The van der Waals surface area contributed by atoms with E-state index < -0.39 is 0 Å². The number of benzene rings is 2. The zero-order chi connectivity index (χ0) is 18.4. The number of likely N-dealkylation sites (tertiary alicyclic amines) is 1. The molecule has 26 heavy (non-hydrogen) atoms. The lowest BCUT2D eigenvalue weighted by Gasteiger charge is -2.16. The van der Waals surface area contributed by atoms with E-state index in [0.29, 0.717) is 17.7 Å². The van der Waals surface area contributed by atoms with Gasteiger partial charge in [-0.2, -0.15) is 0 Å². The quantitative estimate of drug-likeness (QED) is 0.564. The Labute approximate surface area is 154 Å². The molecule has 1 heterocycles. The molecule has 136 valence electrons. The number of ether oxygens (including phenoxy) is 1. The molecule has 4 heteroatoms. The molecule has 1 saturated heterocycles. The van der Waals surface area contributed by atoms with Crippen molar-refractivity contribution in [3.8, 4) is 0 Å². The minimum Gasteiger partial charge on any atom is -0.464 e. The van der Waals surface area contributed by atoms with Crippen LogP contribution in [0.4, 0.5) is 0 Å². The fourth-order valence-corrected chi connectivity index (χ4v) is 3.22. The Kier molecular flexibility index (Phi) is 6.18. The summed E-state index contributed by atoms with van der Waals surface area (Å²) < 4.78 is 5.42. The van der Waals surface area contributed by atoms with Crippen molar-refractivity contribution in [2.24, 2.45) is 0 Å². The van der Waals surface area contributed by atoms with Crippen LogP contribution in [0.25, 0.3) is 0 Å². The minimum atomic E-state index is -0.338. The Morgan fingerprint density at radius 2 is 1.58 bits per heavy atom. The highest BCUT2D eigenvalue weighted by Gasteiger charge is 2.18. The molecule has 4 nitrogen and oxygen atoms in total. The van der Waals surface area contributed by atoms with Gasteiger partial charge in [0, 0.05) is 17.7 Å². The van der Waals surface area contributed by atoms with Crippen molar-refractivity contribution < 1.29 is 14.3 Å². The van der Waals surface area contributed by atoms with E-state index in [9.17, 15) is 9.59 Å². The summed E-state index contributed by atoms with van der Waals surface area (Å²) in [4.78, 5) is 27.0. The van der Waals surface area contributed by atoms with Gasteiger partial charge in [-0.3, -0.25) is 14.5 Å². The normalized spacial score (nSPS) is 15.6. The van der Waals surface area contributed by atoms with Gasteiger partial charge in [-0.25, -0.2) is 0 Å². The number of hydrogen-bond acceptors (Lipinski definition) is 4. The summed E-state index contributed by atoms with van der Waals surface area (Å²) in [7, 11) is 0. The summed E-state index contributed by atoms with van der Waals surface area (Å²) in [6.45, 7) is 5.29. The predicted octanol–water partition coefficient (Wildman–Crippen LogP) is 3.66. The molecule has 0 radical (unpaired) electrons. The van der Waals surface area contributed by atoms with Crippen LogP contribution in [-0.4, -0.2) is 42.9 Å². The second kappa shape index (κ2) is 8.77. The second-order valence-corrected chi connectivity index (χ2v) is 6.76. The molecule has 3 rings (SSSR count). The first-order chi connectivity index (χ1) is 12.6. The summed E-state index contributed by atoms with van der Waals surface area (Å²) in [5.41, 5.74) is 2.14. The van der Waals surface area contributed by atoms with E-state index in [0.717, 1.165) is 25.2 Å². The molecule has 1 unspecified atom stereocenters. The predicted molar refractivity (Wildman–Crippen MR) is 101 cm³/mol. The lowest BCUT2D eigenvalue weighted by Crippen LogP contribution is -2.26. The number of nitrogens with zero attached hydrogens (tertiary/aromatic N) is 1. The fraction of sp³-hybridized carbons (Fsp3) is 0.364. The maximum absolute atomic E-state index is 12.4. The maximum atomic E-state index is 12.4. The molecule has 0 N–H and O–H groups in total. The number of carbonyl (C=O) groups is 2. The number of carbonyl (C=O) groups excluding carboxylic acids is 2. The first-order valence-electron chi connectivity index (χ1n) is 9.24. The van der Waals surface area contributed by atoms with E-state index in [2.05, 4.69) is 4.90 Å². The van der Waals surface area contributed by atoms with Crippen LogP contribution in [0.1, 0.15) is 47.2 Å². The molecule has 1 aliphatic heterocycles. The van der Waals surface area contributed by atoms with Gasteiger partial charge >= 0.3 is 5.97 Å². The number of rotatable bonds is 7. The van der Waals surface area contributed by atoms with Crippen LogP contribution in [-0.2, 0) is 9.53 Å². The second-order valence-electron chi connectivity index (χ2n) is 6.76. The highest BCUT2D eigenvalue weighted by Crippen LogP contribution is 2.19. The summed E-state index contributed by atoms with van der Waals surface area (Å²) in [5.74, 6) is -0.571. The summed E-state index contributed by atoms with van der Waals surface area (Å²) in [6, 6.07) is 16.4. The Balaban J connectivity index is 1.55. The van der Waals surface area contributed by atoms with E-state index in [1.54, 1.807) is 24.3 Å². The molecule has 0 aliphatic carbocycles. The van der Waals surface area contributed by atoms with Crippen molar-refractivity contribution in [2.75, 3.05) is 26.2 Å². The van der Waals surface area contributed by atoms with Crippen LogP contribution in [0.5, 0.6) is 0 Å². The molecule has 0 amide bonds. The standard InChI is InChI=1S/C22H25NO3/c1-17(22(25)26-16-15-23-13-5-6-14-23)18-9-11-20(12-10-18)21(24)19-7-3-2-4-8-19/h2-4,7-12,17H,5-6,13-16H2,1H3. The van der Waals surface area contributed by atoms with E-state index >= 15 is 0 Å². The van der Waals surface area contributed by atoms with Crippen molar-refractivity contribution >= 4 is 11.8 Å². The van der Waals surface area contributed by atoms with Crippen LogP contribution in [0.3, 0.4) is 0 Å². The molecule has 1 atom stereocenters. The molecule has 0 aromatic heterocycles.